The molecule has 2 aliphatic heterocycles. The fourth-order valence-corrected chi connectivity index (χ4v) is 4.82. The third kappa shape index (κ3) is 4.29. The Morgan fingerprint density at radius 2 is 1.84 bits per heavy atom. The van der Waals surface area contributed by atoms with E-state index >= 15 is 0 Å². The lowest BCUT2D eigenvalue weighted by Gasteiger charge is -2.36. The van der Waals surface area contributed by atoms with Gasteiger partial charge in [0.1, 0.15) is 0 Å². The van der Waals surface area contributed by atoms with Crippen molar-refractivity contribution in [1.29, 1.82) is 0 Å². The molecule has 32 heavy (non-hydrogen) atoms. The summed E-state index contributed by atoms with van der Waals surface area (Å²) in [5.74, 6) is 0. The lowest BCUT2D eigenvalue weighted by molar-refractivity contribution is 0.0904. The molecule has 5 heterocycles. The van der Waals surface area contributed by atoms with E-state index in [0.29, 0.717) is 6.04 Å². The molecule has 0 bridgehead atoms. The molecule has 0 atom stereocenters. The van der Waals surface area contributed by atoms with E-state index in [1.165, 1.54) is 16.9 Å². The van der Waals surface area contributed by atoms with Gasteiger partial charge in [0.2, 0.25) is 0 Å². The minimum absolute atomic E-state index is 0.431. The zero-order chi connectivity index (χ0) is 21.9. The van der Waals surface area contributed by atoms with Crippen molar-refractivity contribution < 1.29 is 4.74 Å². The van der Waals surface area contributed by atoms with Crippen LogP contribution >= 0.6 is 0 Å². The van der Waals surface area contributed by atoms with Crippen molar-refractivity contribution in [2.24, 2.45) is 0 Å². The number of hydrogen-bond acceptors (Lipinski definition) is 7. The van der Waals surface area contributed by atoms with Gasteiger partial charge < -0.3 is 15.0 Å². The monoisotopic (exact) mass is 435 g/mol. The van der Waals surface area contributed by atoms with E-state index in [4.69, 9.17) is 9.72 Å². The number of aromatic nitrogens is 4. The Kier molecular flexibility index (Phi) is 6.23. The number of hydrogen-bond donors (Lipinski definition) is 1. The smallest absolute Gasteiger partial charge is 0.160 e. The van der Waals surface area contributed by atoms with Gasteiger partial charge in [-0.25, -0.2) is 9.67 Å². The predicted molar refractivity (Wildman–Crippen MR) is 127 cm³/mol. The molecule has 8 nitrogen and oxygen atoms in total. The van der Waals surface area contributed by atoms with Crippen molar-refractivity contribution in [3.05, 3.63) is 42.0 Å². The molecule has 170 valence electrons. The normalized spacial score (nSPS) is 18.4. The fourth-order valence-electron chi connectivity index (χ4n) is 4.82. The molecule has 0 saturated carbocycles. The first-order valence-electron chi connectivity index (χ1n) is 11.8. The Morgan fingerprint density at radius 3 is 2.56 bits per heavy atom. The summed E-state index contributed by atoms with van der Waals surface area (Å²) in [4.78, 5) is 14.1. The van der Waals surface area contributed by atoms with Crippen LogP contribution in [0.5, 0.6) is 0 Å². The maximum Gasteiger partial charge on any atom is 0.160 e. The molecule has 0 amide bonds. The molecule has 8 heteroatoms. The van der Waals surface area contributed by atoms with Crippen LogP contribution in [-0.4, -0.2) is 70.1 Å². The van der Waals surface area contributed by atoms with E-state index < -0.39 is 0 Å². The van der Waals surface area contributed by atoms with E-state index in [1.807, 2.05) is 23.3 Å². The van der Waals surface area contributed by atoms with Gasteiger partial charge in [-0.2, -0.15) is 5.10 Å². The number of fused-ring (bicyclic) bond motifs is 1. The first kappa shape index (κ1) is 21.2. The average Bonchev–Trinajstić information content (AvgIpc) is 3.25. The number of rotatable bonds is 6. The van der Waals surface area contributed by atoms with Crippen molar-refractivity contribution in [2.45, 2.75) is 45.8 Å². The lowest BCUT2D eigenvalue weighted by Crippen LogP contribution is -2.46. The van der Waals surface area contributed by atoms with Crippen molar-refractivity contribution in [3.63, 3.8) is 0 Å². The number of ether oxygens (including phenoxy) is 1. The van der Waals surface area contributed by atoms with Gasteiger partial charge in [-0.3, -0.25) is 9.88 Å². The maximum absolute atomic E-state index is 5.58. The third-order valence-electron chi connectivity index (χ3n) is 6.74. The van der Waals surface area contributed by atoms with Crippen LogP contribution in [0.1, 0.15) is 31.0 Å². The standard InChI is InChI=1S/C24H33N7O/c1-3-31-24-21(16-26-31)23(28-19-6-14-32-15-7-19)22(18(2)27-24)17-29-10-12-30(13-11-29)20-4-8-25-9-5-20/h4-5,8-9,16,19H,3,6-7,10-15,17H2,1-2H3,(H,27,28). The highest BCUT2D eigenvalue weighted by Crippen LogP contribution is 2.32. The number of anilines is 2. The third-order valence-corrected chi connectivity index (χ3v) is 6.74. The number of pyridine rings is 2. The molecule has 0 spiro atoms. The summed E-state index contributed by atoms with van der Waals surface area (Å²) >= 11 is 0. The minimum atomic E-state index is 0.431. The summed E-state index contributed by atoms with van der Waals surface area (Å²) in [6.45, 7) is 11.7. The lowest BCUT2D eigenvalue weighted by atomic mass is 10.0. The second-order valence-electron chi connectivity index (χ2n) is 8.75. The maximum atomic E-state index is 5.58. The molecule has 2 saturated heterocycles. The Balaban J connectivity index is 1.39. The fraction of sp³-hybridized carbons (Fsp3) is 0.542. The molecule has 0 unspecified atom stereocenters. The number of nitrogens with one attached hydrogen (secondary N) is 1. The summed E-state index contributed by atoms with van der Waals surface area (Å²) in [6, 6.07) is 4.62. The molecule has 3 aromatic heterocycles. The van der Waals surface area contributed by atoms with Gasteiger partial charge in [0.25, 0.3) is 0 Å². The van der Waals surface area contributed by atoms with Crippen LogP contribution in [0.4, 0.5) is 11.4 Å². The molecule has 1 N–H and O–H groups in total. The van der Waals surface area contributed by atoms with Gasteiger partial charge in [0.05, 0.1) is 17.3 Å². The summed E-state index contributed by atoms with van der Waals surface area (Å²) in [5, 5.41) is 9.62. The molecule has 2 fully saturated rings. The summed E-state index contributed by atoms with van der Waals surface area (Å²) < 4.78 is 7.58. The van der Waals surface area contributed by atoms with Crippen LogP contribution < -0.4 is 10.2 Å². The van der Waals surface area contributed by atoms with Gasteiger partial charge >= 0.3 is 0 Å². The summed E-state index contributed by atoms with van der Waals surface area (Å²) in [5.41, 5.74) is 5.85. The number of nitrogens with zero attached hydrogens (tertiary/aromatic N) is 6. The van der Waals surface area contributed by atoms with Crippen LogP contribution in [-0.2, 0) is 17.8 Å². The number of aryl methyl sites for hydroxylation is 2. The van der Waals surface area contributed by atoms with Crippen molar-refractivity contribution in [1.82, 2.24) is 24.6 Å². The van der Waals surface area contributed by atoms with Gasteiger partial charge in [-0.15, -0.1) is 0 Å². The number of piperazine rings is 1. The Bertz CT molecular complexity index is 1040. The van der Waals surface area contributed by atoms with Gasteiger partial charge in [0, 0.05) is 87.9 Å². The van der Waals surface area contributed by atoms with Gasteiger partial charge in [-0.05, 0) is 38.8 Å². The zero-order valence-electron chi connectivity index (χ0n) is 19.1. The average molecular weight is 436 g/mol. The summed E-state index contributed by atoms with van der Waals surface area (Å²) in [6.07, 6.45) is 7.80. The quantitative estimate of drug-likeness (QED) is 0.638. The topological polar surface area (TPSA) is 71.3 Å². The summed E-state index contributed by atoms with van der Waals surface area (Å²) in [7, 11) is 0. The van der Waals surface area contributed by atoms with Crippen molar-refractivity contribution >= 4 is 22.4 Å². The molecule has 3 aromatic rings. The minimum Gasteiger partial charge on any atom is -0.381 e. The van der Waals surface area contributed by atoms with E-state index in [1.54, 1.807) is 0 Å². The van der Waals surface area contributed by atoms with Crippen LogP contribution in [0.2, 0.25) is 0 Å². The molecular weight excluding hydrogens is 402 g/mol. The second kappa shape index (κ2) is 9.42. The molecule has 0 aromatic carbocycles. The Labute approximate surface area is 189 Å². The SMILES string of the molecule is CCn1ncc2c(NC3CCOCC3)c(CN3CCN(c4ccncc4)CC3)c(C)nc21. The van der Waals surface area contributed by atoms with Crippen LogP contribution in [0.15, 0.2) is 30.7 Å². The zero-order valence-corrected chi connectivity index (χ0v) is 19.1. The highest BCUT2D eigenvalue weighted by Gasteiger charge is 2.24. The van der Waals surface area contributed by atoms with Gasteiger partial charge in [0.15, 0.2) is 5.65 Å². The molecule has 0 radical (unpaired) electrons. The highest BCUT2D eigenvalue weighted by molar-refractivity contribution is 5.91. The van der Waals surface area contributed by atoms with Crippen LogP contribution in [0, 0.1) is 6.92 Å². The Morgan fingerprint density at radius 1 is 1.09 bits per heavy atom. The first-order valence-corrected chi connectivity index (χ1v) is 11.8. The van der Waals surface area contributed by atoms with Crippen molar-refractivity contribution in [2.75, 3.05) is 49.6 Å². The van der Waals surface area contributed by atoms with E-state index in [2.05, 4.69) is 51.2 Å². The second-order valence-corrected chi connectivity index (χ2v) is 8.75. The van der Waals surface area contributed by atoms with E-state index in [0.717, 1.165) is 82.1 Å². The van der Waals surface area contributed by atoms with Crippen molar-refractivity contribution in [3.8, 4) is 0 Å². The highest BCUT2D eigenvalue weighted by atomic mass is 16.5. The van der Waals surface area contributed by atoms with Crippen LogP contribution in [0.25, 0.3) is 11.0 Å². The van der Waals surface area contributed by atoms with E-state index in [9.17, 15) is 0 Å². The molecular formula is C24H33N7O. The molecule has 5 rings (SSSR count). The molecule has 0 aliphatic carbocycles. The van der Waals surface area contributed by atoms with Crippen LogP contribution in [0.3, 0.4) is 0 Å². The predicted octanol–water partition coefficient (Wildman–Crippen LogP) is 3.07. The molecule has 2 aliphatic rings. The first-order chi connectivity index (χ1) is 15.7. The van der Waals surface area contributed by atoms with Gasteiger partial charge in [-0.1, -0.05) is 0 Å². The Hall–Kier alpha value is -2.71. The van der Waals surface area contributed by atoms with E-state index in [-0.39, 0.29) is 0 Å². The largest absolute Gasteiger partial charge is 0.381 e.